The van der Waals surface area contributed by atoms with Crippen LogP contribution in [0.1, 0.15) is 16.2 Å². The molecule has 0 spiro atoms. The third-order valence-electron chi connectivity index (χ3n) is 2.31. The SMILES string of the molecule is O=C(O)c1cc(CCOc2ccccc2)ncn1. The molecule has 1 aromatic heterocycles. The van der Waals surface area contributed by atoms with E-state index in [0.717, 1.165) is 5.75 Å². The maximum Gasteiger partial charge on any atom is 0.354 e. The molecule has 0 unspecified atom stereocenters. The number of rotatable bonds is 5. The number of carboxylic acid groups (broad SMARTS) is 1. The Morgan fingerprint density at radius 2 is 2.00 bits per heavy atom. The smallest absolute Gasteiger partial charge is 0.354 e. The molecule has 0 saturated heterocycles. The van der Waals surface area contributed by atoms with E-state index in [1.807, 2.05) is 30.3 Å². The van der Waals surface area contributed by atoms with Crippen LogP contribution < -0.4 is 4.74 Å². The second-order valence-electron chi connectivity index (χ2n) is 3.61. The maximum absolute atomic E-state index is 10.7. The van der Waals surface area contributed by atoms with Crippen LogP contribution in [0.5, 0.6) is 5.75 Å². The summed E-state index contributed by atoms with van der Waals surface area (Å²) in [5.41, 5.74) is 0.651. The van der Waals surface area contributed by atoms with E-state index in [2.05, 4.69) is 9.97 Å². The van der Waals surface area contributed by atoms with E-state index in [-0.39, 0.29) is 5.69 Å². The Balaban J connectivity index is 1.90. The van der Waals surface area contributed by atoms with Gasteiger partial charge in [0, 0.05) is 12.1 Å². The molecule has 0 atom stereocenters. The van der Waals surface area contributed by atoms with Gasteiger partial charge < -0.3 is 9.84 Å². The lowest BCUT2D eigenvalue weighted by Gasteiger charge is -2.05. The van der Waals surface area contributed by atoms with Crippen LogP contribution in [-0.4, -0.2) is 27.7 Å². The van der Waals surface area contributed by atoms with Crippen LogP contribution in [0.4, 0.5) is 0 Å². The fourth-order valence-electron chi connectivity index (χ4n) is 1.44. The van der Waals surface area contributed by atoms with Gasteiger partial charge in [-0.2, -0.15) is 0 Å². The topological polar surface area (TPSA) is 72.3 Å². The van der Waals surface area contributed by atoms with Crippen molar-refractivity contribution >= 4 is 5.97 Å². The number of aromatic carboxylic acids is 1. The summed E-state index contributed by atoms with van der Waals surface area (Å²) in [7, 11) is 0. The predicted octanol–water partition coefficient (Wildman–Crippen LogP) is 1.80. The average molecular weight is 244 g/mol. The number of hydrogen-bond donors (Lipinski definition) is 1. The Kier molecular flexibility index (Phi) is 3.86. The molecule has 0 aliphatic heterocycles. The summed E-state index contributed by atoms with van der Waals surface area (Å²) in [6, 6.07) is 10.9. The lowest BCUT2D eigenvalue weighted by atomic mass is 10.2. The van der Waals surface area contributed by atoms with Gasteiger partial charge in [-0.3, -0.25) is 0 Å². The molecule has 0 radical (unpaired) electrons. The van der Waals surface area contributed by atoms with Gasteiger partial charge in [0.2, 0.25) is 0 Å². The normalized spacial score (nSPS) is 10.0. The zero-order chi connectivity index (χ0) is 12.8. The Bertz CT molecular complexity index is 529. The fraction of sp³-hybridized carbons (Fsp3) is 0.154. The molecule has 5 nitrogen and oxygen atoms in total. The number of para-hydroxylation sites is 1. The minimum absolute atomic E-state index is 0.000267. The second-order valence-corrected chi connectivity index (χ2v) is 3.61. The van der Waals surface area contributed by atoms with E-state index in [4.69, 9.17) is 9.84 Å². The first-order valence-corrected chi connectivity index (χ1v) is 5.48. The van der Waals surface area contributed by atoms with Gasteiger partial charge in [-0.15, -0.1) is 0 Å². The molecule has 1 heterocycles. The number of nitrogens with zero attached hydrogens (tertiary/aromatic N) is 2. The van der Waals surface area contributed by atoms with Crippen molar-refractivity contribution in [2.24, 2.45) is 0 Å². The van der Waals surface area contributed by atoms with Crippen molar-refractivity contribution in [3.8, 4) is 5.75 Å². The van der Waals surface area contributed by atoms with Crippen LogP contribution in [0.15, 0.2) is 42.7 Å². The molecule has 2 aromatic rings. The zero-order valence-corrected chi connectivity index (χ0v) is 9.61. The number of ether oxygens (including phenoxy) is 1. The number of hydrogen-bond acceptors (Lipinski definition) is 4. The van der Waals surface area contributed by atoms with E-state index in [1.165, 1.54) is 12.4 Å². The van der Waals surface area contributed by atoms with Gasteiger partial charge in [0.25, 0.3) is 0 Å². The summed E-state index contributed by atoms with van der Waals surface area (Å²) in [5, 5.41) is 8.79. The molecule has 1 aromatic carbocycles. The summed E-state index contributed by atoms with van der Waals surface area (Å²) in [6.07, 6.45) is 1.79. The Morgan fingerprint density at radius 1 is 1.22 bits per heavy atom. The molecule has 18 heavy (non-hydrogen) atoms. The van der Waals surface area contributed by atoms with Gasteiger partial charge in [0.05, 0.1) is 6.61 Å². The summed E-state index contributed by atoms with van der Waals surface area (Å²) < 4.78 is 5.50. The van der Waals surface area contributed by atoms with E-state index in [9.17, 15) is 4.79 Å². The molecule has 0 saturated carbocycles. The van der Waals surface area contributed by atoms with Crippen LogP contribution in [0.3, 0.4) is 0 Å². The predicted molar refractivity (Wildman–Crippen MR) is 64.6 cm³/mol. The van der Waals surface area contributed by atoms with Crippen LogP contribution >= 0.6 is 0 Å². The third kappa shape index (κ3) is 3.28. The van der Waals surface area contributed by atoms with Gasteiger partial charge in [-0.1, -0.05) is 18.2 Å². The lowest BCUT2D eigenvalue weighted by Crippen LogP contribution is -2.06. The molecule has 5 heteroatoms. The van der Waals surface area contributed by atoms with Crippen molar-refractivity contribution in [1.82, 2.24) is 9.97 Å². The molecule has 1 N–H and O–H groups in total. The Labute approximate surface area is 104 Å². The molecule has 0 fully saturated rings. The van der Waals surface area contributed by atoms with E-state index >= 15 is 0 Å². The molecule has 0 amide bonds. The lowest BCUT2D eigenvalue weighted by molar-refractivity contribution is 0.0690. The highest BCUT2D eigenvalue weighted by Gasteiger charge is 2.05. The van der Waals surface area contributed by atoms with Gasteiger partial charge >= 0.3 is 5.97 Å². The van der Waals surface area contributed by atoms with Crippen LogP contribution in [-0.2, 0) is 6.42 Å². The molecule has 0 bridgehead atoms. The zero-order valence-electron chi connectivity index (χ0n) is 9.61. The quantitative estimate of drug-likeness (QED) is 0.868. The summed E-state index contributed by atoms with van der Waals surface area (Å²) in [6.45, 7) is 0.445. The minimum Gasteiger partial charge on any atom is -0.493 e. The van der Waals surface area contributed by atoms with E-state index < -0.39 is 5.97 Å². The number of aromatic nitrogens is 2. The van der Waals surface area contributed by atoms with E-state index in [1.54, 1.807) is 0 Å². The monoisotopic (exact) mass is 244 g/mol. The summed E-state index contributed by atoms with van der Waals surface area (Å²) in [5.74, 6) is -0.271. The highest BCUT2D eigenvalue weighted by atomic mass is 16.5. The highest BCUT2D eigenvalue weighted by Crippen LogP contribution is 2.09. The molecular formula is C13H12N2O3. The van der Waals surface area contributed by atoms with Crippen molar-refractivity contribution in [3.05, 3.63) is 54.1 Å². The first-order chi connectivity index (χ1) is 8.75. The van der Waals surface area contributed by atoms with Gasteiger partial charge in [-0.05, 0) is 18.2 Å². The number of carbonyl (C=O) groups is 1. The van der Waals surface area contributed by atoms with Crippen LogP contribution in [0.2, 0.25) is 0 Å². The van der Waals surface area contributed by atoms with Crippen molar-refractivity contribution < 1.29 is 14.6 Å². The summed E-state index contributed by atoms with van der Waals surface area (Å²) >= 11 is 0. The Hall–Kier alpha value is -2.43. The first-order valence-electron chi connectivity index (χ1n) is 5.48. The highest BCUT2D eigenvalue weighted by molar-refractivity contribution is 5.85. The van der Waals surface area contributed by atoms with E-state index in [0.29, 0.717) is 18.7 Å². The molecule has 0 aliphatic carbocycles. The van der Waals surface area contributed by atoms with Crippen molar-refractivity contribution in [3.63, 3.8) is 0 Å². The fourth-order valence-corrected chi connectivity index (χ4v) is 1.44. The van der Waals surface area contributed by atoms with Gasteiger partial charge in [0.15, 0.2) is 5.69 Å². The number of carboxylic acids is 1. The minimum atomic E-state index is -1.05. The molecular weight excluding hydrogens is 232 g/mol. The van der Waals surface area contributed by atoms with Crippen LogP contribution in [0, 0.1) is 0 Å². The largest absolute Gasteiger partial charge is 0.493 e. The van der Waals surface area contributed by atoms with Crippen LogP contribution in [0.25, 0.3) is 0 Å². The molecule has 92 valence electrons. The van der Waals surface area contributed by atoms with Crippen molar-refractivity contribution in [2.45, 2.75) is 6.42 Å². The number of benzene rings is 1. The second kappa shape index (κ2) is 5.77. The average Bonchev–Trinajstić information content (AvgIpc) is 2.40. The maximum atomic E-state index is 10.7. The van der Waals surface area contributed by atoms with Gasteiger partial charge in [-0.25, -0.2) is 14.8 Å². The van der Waals surface area contributed by atoms with Crippen molar-refractivity contribution in [1.29, 1.82) is 0 Å². The van der Waals surface area contributed by atoms with Crippen molar-refractivity contribution in [2.75, 3.05) is 6.61 Å². The molecule has 0 aliphatic rings. The van der Waals surface area contributed by atoms with Gasteiger partial charge in [0.1, 0.15) is 12.1 Å². The standard InChI is InChI=1S/C13H12N2O3/c16-13(17)12-8-10(14-9-15-12)6-7-18-11-4-2-1-3-5-11/h1-5,8-9H,6-7H2,(H,16,17). The summed E-state index contributed by atoms with van der Waals surface area (Å²) in [4.78, 5) is 18.4. The Morgan fingerprint density at radius 3 is 2.72 bits per heavy atom. The third-order valence-corrected chi connectivity index (χ3v) is 2.31. The first kappa shape index (κ1) is 12.0. The molecule has 2 rings (SSSR count).